The number of nitrogens with zero attached hydrogens (tertiary/aromatic N) is 4. The molecule has 2 aliphatic rings. The average Bonchev–Trinajstić information content (AvgIpc) is 3.26. The summed E-state index contributed by atoms with van der Waals surface area (Å²) in [5.41, 5.74) is 4.35. The van der Waals surface area contributed by atoms with Crippen molar-refractivity contribution in [3.05, 3.63) is 59.8 Å². The molecule has 2 aromatic carbocycles. The summed E-state index contributed by atoms with van der Waals surface area (Å²) in [5.74, 6) is 4.39. The van der Waals surface area contributed by atoms with Gasteiger partial charge in [-0.1, -0.05) is 30.2 Å². The van der Waals surface area contributed by atoms with Gasteiger partial charge in [-0.3, -0.25) is 4.79 Å². The van der Waals surface area contributed by atoms with Crippen molar-refractivity contribution in [1.29, 1.82) is 0 Å². The van der Waals surface area contributed by atoms with Crippen LogP contribution in [0.2, 0.25) is 0 Å². The number of aromatic nitrogens is 2. The predicted octanol–water partition coefficient (Wildman–Crippen LogP) is 4.10. The van der Waals surface area contributed by atoms with Crippen LogP contribution in [0, 0.1) is 12.3 Å². The number of carbonyl (C=O) groups is 1. The molecule has 0 radical (unpaired) electrons. The van der Waals surface area contributed by atoms with Gasteiger partial charge in [-0.15, -0.1) is 6.42 Å². The summed E-state index contributed by atoms with van der Waals surface area (Å²) < 4.78 is 10.9. The Kier molecular flexibility index (Phi) is 6.74. The number of carbonyl (C=O) groups excluding carboxylic acids is 1. The second-order valence-electron chi connectivity index (χ2n) is 9.05. The monoisotopic (exact) mass is 483 g/mol. The van der Waals surface area contributed by atoms with E-state index in [1.54, 1.807) is 0 Å². The fraction of sp³-hybridized carbons (Fsp3) is 0.321. The molecule has 8 nitrogen and oxygen atoms in total. The van der Waals surface area contributed by atoms with Gasteiger partial charge in [-0.25, -0.2) is 4.98 Å². The number of amides is 1. The van der Waals surface area contributed by atoms with Gasteiger partial charge in [-0.2, -0.15) is 4.98 Å². The van der Waals surface area contributed by atoms with Crippen molar-refractivity contribution in [2.24, 2.45) is 0 Å². The van der Waals surface area contributed by atoms with Gasteiger partial charge in [-0.05, 0) is 49.2 Å². The number of anilines is 3. The number of hydrogen-bond donors (Lipinski definition) is 1. The van der Waals surface area contributed by atoms with Gasteiger partial charge in [0, 0.05) is 30.4 Å². The zero-order valence-corrected chi connectivity index (χ0v) is 20.5. The van der Waals surface area contributed by atoms with Crippen LogP contribution < -0.4 is 15.0 Å². The quantitative estimate of drug-likeness (QED) is 0.507. The molecule has 3 aromatic rings. The molecule has 0 unspecified atom stereocenters. The molecule has 0 bridgehead atoms. The summed E-state index contributed by atoms with van der Waals surface area (Å²) in [6.07, 6.45) is 5.25. The van der Waals surface area contributed by atoms with Crippen LogP contribution >= 0.6 is 0 Å². The number of morpholine rings is 1. The molecule has 5 rings (SSSR count). The standard InChI is InChI=1S/C28H29N5O3/c1-4-15-36-23-11-7-21(8-12-23)20-5-9-22(10-6-20)29-26-24-18-33(19(2)3)27(34)25(24)30-28(31-26)32-13-16-35-17-14-32/h1,5-12,19H,13-18H2,2-3H3,(H,29,30,31). The van der Waals surface area contributed by atoms with Crippen molar-refractivity contribution >= 4 is 23.4 Å². The minimum absolute atomic E-state index is 0.0509. The van der Waals surface area contributed by atoms with Gasteiger partial charge in [0.2, 0.25) is 5.95 Å². The number of ether oxygens (including phenoxy) is 2. The van der Waals surface area contributed by atoms with E-state index in [0.717, 1.165) is 28.1 Å². The third-order valence-electron chi connectivity index (χ3n) is 6.36. The van der Waals surface area contributed by atoms with Gasteiger partial charge in [0.15, 0.2) is 0 Å². The minimum atomic E-state index is -0.0509. The molecule has 8 heteroatoms. The summed E-state index contributed by atoms with van der Waals surface area (Å²) in [6, 6.07) is 16.0. The van der Waals surface area contributed by atoms with E-state index < -0.39 is 0 Å². The molecule has 1 fully saturated rings. The summed E-state index contributed by atoms with van der Waals surface area (Å²) in [4.78, 5) is 26.5. The predicted molar refractivity (Wildman–Crippen MR) is 140 cm³/mol. The van der Waals surface area contributed by atoms with Crippen molar-refractivity contribution in [2.45, 2.75) is 26.4 Å². The fourth-order valence-electron chi connectivity index (χ4n) is 4.35. The smallest absolute Gasteiger partial charge is 0.273 e. The molecule has 2 aliphatic heterocycles. The van der Waals surface area contributed by atoms with Crippen LogP contribution in [0.4, 0.5) is 17.5 Å². The summed E-state index contributed by atoms with van der Waals surface area (Å²) in [6.45, 7) is 7.40. The van der Waals surface area contributed by atoms with E-state index in [4.69, 9.17) is 20.9 Å². The lowest BCUT2D eigenvalue weighted by Gasteiger charge is -2.27. The van der Waals surface area contributed by atoms with E-state index in [1.165, 1.54) is 0 Å². The minimum Gasteiger partial charge on any atom is -0.481 e. The van der Waals surface area contributed by atoms with Crippen LogP contribution in [0.15, 0.2) is 48.5 Å². The maximum Gasteiger partial charge on any atom is 0.273 e. The average molecular weight is 484 g/mol. The first-order valence-corrected chi connectivity index (χ1v) is 12.1. The number of hydrogen-bond acceptors (Lipinski definition) is 7. The fourth-order valence-corrected chi connectivity index (χ4v) is 4.35. The molecule has 1 amide bonds. The van der Waals surface area contributed by atoms with Crippen molar-refractivity contribution in [3.63, 3.8) is 0 Å². The second-order valence-corrected chi connectivity index (χ2v) is 9.05. The Bertz CT molecular complexity index is 1280. The topological polar surface area (TPSA) is 79.8 Å². The maximum atomic E-state index is 13.1. The first-order chi connectivity index (χ1) is 17.5. The molecular formula is C28H29N5O3. The highest BCUT2D eigenvalue weighted by molar-refractivity contribution is 5.98. The lowest BCUT2D eigenvalue weighted by molar-refractivity contribution is 0.0726. The van der Waals surface area contributed by atoms with Crippen LogP contribution in [-0.4, -0.2) is 59.7 Å². The maximum absolute atomic E-state index is 13.1. The van der Waals surface area contributed by atoms with E-state index in [-0.39, 0.29) is 18.6 Å². The van der Waals surface area contributed by atoms with Crippen molar-refractivity contribution in [3.8, 4) is 29.2 Å². The highest BCUT2D eigenvalue weighted by Crippen LogP contribution is 2.33. The van der Waals surface area contributed by atoms with Gasteiger partial charge >= 0.3 is 0 Å². The molecule has 1 aromatic heterocycles. The highest BCUT2D eigenvalue weighted by atomic mass is 16.5. The lowest BCUT2D eigenvalue weighted by Crippen LogP contribution is -2.37. The first-order valence-electron chi connectivity index (χ1n) is 12.1. The van der Waals surface area contributed by atoms with Crippen LogP contribution in [0.25, 0.3) is 11.1 Å². The SMILES string of the molecule is C#CCOc1ccc(-c2ccc(Nc3nc(N4CCOCC4)nc4c3CN(C(C)C)C4=O)cc2)cc1. The van der Waals surface area contributed by atoms with E-state index in [1.807, 2.05) is 55.1 Å². The van der Waals surface area contributed by atoms with Crippen LogP contribution in [0.3, 0.4) is 0 Å². The van der Waals surface area contributed by atoms with Gasteiger partial charge in [0.1, 0.15) is 23.9 Å². The summed E-state index contributed by atoms with van der Waals surface area (Å²) in [5, 5.41) is 3.45. The molecule has 36 heavy (non-hydrogen) atoms. The second kappa shape index (κ2) is 10.3. The molecule has 0 spiro atoms. The Morgan fingerprint density at radius 2 is 1.72 bits per heavy atom. The largest absolute Gasteiger partial charge is 0.481 e. The van der Waals surface area contributed by atoms with E-state index in [2.05, 4.69) is 33.3 Å². The number of nitrogens with one attached hydrogen (secondary N) is 1. The zero-order valence-electron chi connectivity index (χ0n) is 20.5. The lowest BCUT2D eigenvalue weighted by atomic mass is 10.1. The van der Waals surface area contributed by atoms with Crippen molar-refractivity contribution < 1.29 is 14.3 Å². The van der Waals surface area contributed by atoms with Crippen molar-refractivity contribution in [1.82, 2.24) is 14.9 Å². The number of terminal acetylenes is 1. The zero-order chi connectivity index (χ0) is 25.1. The highest BCUT2D eigenvalue weighted by Gasteiger charge is 2.35. The van der Waals surface area contributed by atoms with Crippen molar-refractivity contribution in [2.75, 3.05) is 43.1 Å². The Balaban J connectivity index is 1.40. The third-order valence-corrected chi connectivity index (χ3v) is 6.36. The van der Waals surface area contributed by atoms with Gasteiger partial charge < -0.3 is 24.6 Å². The molecular weight excluding hydrogens is 454 g/mol. The number of rotatable bonds is 7. The molecule has 1 N–H and O–H groups in total. The van der Waals surface area contributed by atoms with E-state index in [9.17, 15) is 4.79 Å². The van der Waals surface area contributed by atoms with E-state index >= 15 is 0 Å². The molecule has 1 saturated heterocycles. The van der Waals surface area contributed by atoms with Gasteiger partial charge in [0.05, 0.1) is 19.8 Å². The number of fused-ring (bicyclic) bond motifs is 1. The van der Waals surface area contributed by atoms with Crippen LogP contribution in [0.1, 0.15) is 29.9 Å². The first kappa shape index (κ1) is 23.6. The Morgan fingerprint density at radius 1 is 1.06 bits per heavy atom. The molecule has 0 atom stereocenters. The molecule has 0 aliphatic carbocycles. The van der Waals surface area contributed by atoms with Gasteiger partial charge in [0.25, 0.3) is 5.91 Å². The molecule has 0 saturated carbocycles. The van der Waals surface area contributed by atoms with Crippen LogP contribution in [0.5, 0.6) is 5.75 Å². The third kappa shape index (κ3) is 4.83. The number of benzene rings is 2. The molecule has 3 heterocycles. The Labute approximate surface area is 211 Å². The normalized spacial score (nSPS) is 15.1. The van der Waals surface area contributed by atoms with Crippen LogP contribution in [-0.2, 0) is 11.3 Å². The summed E-state index contributed by atoms with van der Waals surface area (Å²) >= 11 is 0. The Hall–Kier alpha value is -4.09. The summed E-state index contributed by atoms with van der Waals surface area (Å²) in [7, 11) is 0. The molecule has 184 valence electrons. The van der Waals surface area contributed by atoms with E-state index in [0.29, 0.717) is 50.3 Å². The Morgan fingerprint density at radius 3 is 2.36 bits per heavy atom.